The lowest BCUT2D eigenvalue weighted by molar-refractivity contribution is 0.0809. The van der Waals surface area contributed by atoms with Gasteiger partial charge in [-0.1, -0.05) is 30.3 Å². The maximum atomic E-state index is 12.6. The molecule has 1 aliphatic heterocycles. The number of aliphatic hydroxyl groups is 1. The van der Waals surface area contributed by atoms with Crippen molar-refractivity contribution in [1.82, 2.24) is 15.5 Å². The fourth-order valence-electron chi connectivity index (χ4n) is 3.35. The number of amides is 3. The van der Waals surface area contributed by atoms with E-state index in [2.05, 4.69) is 10.6 Å². The van der Waals surface area contributed by atoms with Crippen LogP contribution >= 0.6 is 0 Å². The molecular formula is C22H27N3O4. The highest BCUT2D eigenvalue weighted by Crippen LogP contribution is 2.15. The van der Waals surface area contributed by atoms with E-state index < -0.39 is 12.1 Å². The summed E-state index contributed by atoms with van der Waals surface area (Å²) in [6.45, 7) is 1.22. The minimum Gasteiger partial charge on any atom is -0.497 e. The Hall–Kier alpha value is -3.06. The molecule has 1 aliphatic rings. The van der Waals surface area contributed by atoms with Crippen molar-refractivity contribution in [3.8, 4) is 5.75 Å². The molecule has 3 rings (SSSR count). The van der Waals surface area contributed by atoms with E-state index in [0.29, 0.717) is 37.2 Å². The Morgan fingerprint density at radius 1 is 1.14 bits per heavy atom. The Balaban J connectivity index is 1.60. The molecule has 3 amide bonds. The lowest BCUT2D eigenvalue weighted by Gasteiger charge is -2.27. The standard InChI is InChI=1S/C22H27N3O4/c1-29-18-11-9-17(10-12-18)21(27)24-19-15-25(13-5-8-20(19)26)22(28)23-14-16-6-3-2-4-7-16/h2-4,6-7,9-12,19-20,26H,5,8,13-15H2,1H3,(H,23,28)(H,24,27)/t19-,20+/m0/s1. The summed E-state index contributed by atoms with van der Waals surface area (Å²) >= 11 is 0. The number of nitrogens with zero attached hydrogens (tertiary/aromatic N) is 1. The van der Waals surface area contributed by atoms with Crippen LogP contribution in [0.3, 0.4) is 0 Å². The third-order valence-corrected chi connectivity index (χ3v) is 5.05. The van der Waals surface area contributed by atoms with Crippen molar-refractivity contribution in [2.24, 2.45) is 0 Å². The molecule has 3 N–H and O–H groups in total. The van der Waals surface area contributed by atoms with Crippen LogP contribution in [0.1, 0.15) is 28.8 Å². The average molecular weight is 397 g/mol. The summed E-state index contributed by atoms with van der Waals surface area (Å²) in [6, 6.07) is 15.7. The van der Waals surface area contributed by atoms with Crippen LogP contribution < -0.4 is 15.4 Å². The summed E-state index contributed by atoms with van der Waals surface area (Å²) in [5.41, 5.74) is 1.49. The second kappa shape index (κ2) is 9.93. The smallest absolute Gasteiger partial charge is 0.317 e. The number of ether oxygens (including phenoxy) is 1. The molecule has 2 aromatic carbocycles. The largest absolute Gasteiger partial charge is 0.497 e. The Kier molecular flexibility index (Phi) is 7.08. The van der Waals surface area contributed by atoms with Gasteiger partial charge in [-0.2, -0.15) is 0 Å². The normalized spacial score (nSPS) is 19.2. The molecule has 1 fully saturated rings. The number of benzene rings is 2. The quantitative estimate of drug-likeness (QED) is 0.721. The Labute approximate surface area is 170 Å². The lowest BCUT2D eigenvalue weighted by atomic mass is 10.1. The first-order valence-corrected chi connectivity index (χ1v) is 9.76. The van der Waals surface area contributed by atoms with Crippen molar-refractivity contribution in [2.75, 3.05) is 20.2 Å². The van der Waals surface area contributed by atoms with Gasteiger partial charge in [-0.15, -0.1) is 0 Å². The van der Waals surface area contributed by atoms with Crippen LogP contribution in [0.2, 0.25) is 0 Å². The SMILES string of the molecule is COc1ccc(C(=O)N[C@H]2CN(C(=O)NCc3ccccc3)CCC[C@H]2O)cc1. The molecule has 0 aromatic heterocycles. The molecule has 7 heteroatoms. The predicted octanol–water partition coefficient (Wildman–Crippen LogP) is 2.16. The monoisotopic (exact) mass is 397 g/mol. The predicted molar refractivity (Wildman–Crippen MR) is 110 cm³/mol. The molecule has 1 saturated heterocycles. The van der Waals surface area contributed by atoms with E-state index in [1.807, 2.05) is 30.3 Å². The molecule has 0 aliphatic carbocycles. The van der Waals surface area contributed by atoms with E-state index >= 15 is 0 Å². The van der Waals surface area contributed by atoms with Gasteiger partial charge in [0.25, 0.3) is 5.91 Å². The maximum absolute atomic E-state index is 12.6. The molecule has 29 heavy (non-hydrogen) atoms. The van der Waals surface area contributed by atoms with Crippen molar-refractivity contribution in [2.45, 2.75) is 31.5 Å². The summed E-state index contributed by atoms with van der Waals surface area (Å²) in [5, 5.41) is 16.2. The van der Waals surface area contributed by atoms with Gasteiger partial charge in [0.15, 0.2) is 0 Å². The van der Waals surface area contributed by atoms with E-state index in [9.17, 15) is 14.7 Å². The number of hydrogen-bond donors (Lipinski definition) is 3. The van der Waals surface area contributed by atoms with Crippen molar-refractivity contribution >= 4 is 11.9 Å². The number of aliphatic hydroxyl groups excluding tert-OH is 1. The minimum absolute atomic E-state index is 0.202. The number of rotatable bonds is 5. The van der Waals surface area contributed by atoms with Crippen molar-refractivity contribution in [3.63, 3.8) is 0 Å². The molecule has 0 bridgehead atoms. The second-order valence-corrected chi connectivity index (χ2v) is 7.11. The van der Waals surface area contributed by atoms with Crippen LogP contribution in [0, 0.1) is 0 Å². The molecule has 0 spiro atoms. The van der Waals surface area contributed by atoms with Gasteiger partial charge < -0.3 is 25.4 Å². The molecular weight excluding hydrogens is 370 g/mol. The summed E-state index contributed by atoms with van der Waals surface area (Å²) in [6.07, 6.45) is 0.495. The summed E-state index contributed by atoms with van der Waals surface area (Å²) in [5.74, 6) is 0.376. The summed E-state index contributed by atoms with van der Waals surface area (Å²) < 4.78 is 5.10. The van der Waals surface area contributed by atoms with Crippen molar-refractivity contribution in [1.29, 1.82) is 0 Å². The highest BCUT2D eigenvalue weighted by molar-refractivity contribution is 5.94. The second-order valence-electron chi connectivity index (χ2n) is 7.11. The van der Waals surface area contributed by atoms with Crippen molar-refractivity contribution in [3.05, 3.63) is 65.7 Å². The number of carbonyl (C=O) groups excluding carboxylic acids is 2. The van der Waals surface area contributed by atoms with Crippen LogP contribution in [0.4, 0.5) is 4.79 Å². The third-order valence-electron chi connectivity index (χ3n) is 5.05. The highest BCUT2D eigenvalue weighted by Gasteiger charge is 2.29. The number of carbonyl (C=O) groups is 2. The number of nitrogens with one attached hydrogen (secondary N) is 2. The van der Waals surface area contributed by atoms with E-state index in [1.54, 1.807) is 36.3 Å². The first kappa shape index (κ1) is 20.7. The number of likely N-dealkylation sites (tertiary alicyclic amines) is 1. The van der Waals surface area contributed by atoms with Gasteiger partial charge in [-0.25, -0.2) is 4.79 Å². The molecule has 0 radical (unpaired) electrons. The summed E-state index contributed by atoms with van der Waals surface area (Å²) in [4.78, 5) is 26.8. The molecule has 7 nitrogen and oxygen atoms in total. The first-order valence-electron chi connectivity index (χ1n) is 9.76. The highest BCUT2D eigenvalue weighted by atomic mass is 16.5. The number of methoxy groups -OCH3 is 1. The topological polar surface area (TPSA) is 90.9 Å². The zero-order chi connectivity index (χ0) is 20.6. The Morgan fingerprint density at radius 3 is 2.55 bits per heavy atom. The van der Waals surface area contributed by atoms with Gasteiger partial charge in [-0.3, -0.25) is 4.79 Å². The van der Waals surface area contributed by atoms with Crippen LogP contribution in [-0.2, 0) is 6.54 Å². The van der Waals surface area contributed by atoms with Gasteiger partial charge in [0.2, 0.25) is 0 Å². The summed E-state index contributed by atoms with van der Waals surface area (Å²) in [7, 11) is 1.56. The van der Waals surface area contributed by atoms with Gasteiger partial charge in [0, 0.05) is 25.2 Å². The molecule has 1 heterocycles. The van der Waals surface area contributed by atoms with Crippen LogP contribution in [0.5, 0.6) is 5.75 Å². The van der Waals surface area contributed by atoms with E-state index in [4.69, 9.17) is 4.74 Å². The first-order chi connectivity index (χ1) is 14.1. The number of urea groups is 1. The fourth-order valence-corrected chi connectivity index (χ4v) is 3.35. The average Bonchev–Trinajstić information content (AvgIpc) is 2.94. The molecule has 2 aromatic rings. The zero-order valence-corrected chi connectivity index (χ0v) is 16.5. The van der Waals surface area contributed by atoms with Crippen LogP contribution in [0.15, 0.2) is 54.6 Å². The minimum atomic E-state index is -0.705. The number of hydrogen-bond acceptors (Lipinski definition) is 4. The van der Waals surface area contributed by atoms with Crippen LogP contribution in [0.25, 0.3) is 0 Å². The fraction of sp³-hybridized carbons (Fsp3) is 0.364. The van der Waals surface area contributed by atoms with Gasteiger partial charge >= 0.3 is 6.03 Å². The van der Waals surface area contributed by atoms with E-state index in [1.165, 1.54) is 0 Å². The molecule has 2 atom stereocenters. The zero-order valence-electron chi connectivity index (χ0n) is 16.5. The van der Waals surface area contributed by atoms with E-state index in [-0.39, 0.29) is 18.5 Å². The van der Waals surface area contributed by atoms with Crippen LogP contribution in [-0.4, -0.2) is 54.3 Å². The molecule has 0 unspecified atom stereocenters. The van der Waals surface area contributed by atoms with E-state index in [0.717, 1.165) is 5.56 Å². The lowest BCUT2D eigenvalue weighted by Crippen LogP contribution is -2.51. The maximum Gasteiger partial charge on any atom is 0.317 e. The molecule has 154 valence electrons. The Bertz CT molecular complexity index is 811. The van der Waals surface area contributed by atoms with Gasteiger partial charge in [0.05, 0.1) is 19.3 Å². The molecule has 0 saturated carbocycles. The third kappa shape index (κ3) is 5.71. The van der Waals surface area contributed by atoms with Crippen molar-refractivity contribution < 1.29 is 19.4 Å². The van der Waals surface area contributed by atoms with Gasteiger partial charge in [0.1, 0.15) is 5.75 Å². The van der Waals surface area contributed by atoms with Gasteiger partial charge in [-0.05, 0) is 42.7 Å². The Morgan fingerprint density at radius 2 is 1.86 bits per heavy atom.